The number of halogens is 1. The number of rotatable bonds is 4. The summed E-state index contributed by atoms with van der Waals surface area (Å²) in [6, 6.07) is 2.00. The molecule has 0 radical (unpaired) electrons. The van der Waals surface area contributed by atoms with Gasteiger partial charge in [-0.15, -0.1) is 0 Å². The molecule has 1 aromatic carbocycles. The molecule has 2 rings (SSSR count). The number of piperazine rings is 1. The monoisotopic (exact) mass is 328 g/mol. The fraction of sp³-hybridized carbons (Fsp3) is 0.571. The van der Waals surface area contributed by atoms with Crippen molar-refractivity contribution in [3.05, 3.63) is 21.7 Å². The molecule has 0 spiro atoms. The SMILES string of the molecule is COc1cc(C)c(Br)c(CN2CCNCC2)c1OC. The second-order valence-electron chi connectivity index (χ2n) is 4.75. The van der Waals surface area contributed by atoms with Crippen molar-refractivity contribution in [2.75, 3.05) is 40.4 Å². The minimum Gasteiger partial charge on any atom is -0.493 e. The van der Waals surface area contributed by atoms with Crippen LogP contribution in [0.3, 0.4) is 0 Å². The molecule has 1 aromatic rings. The molecule has 0 aliphatic carbocycles. The van der Waals surface area contributed by atoms with E-state index >= 15 is 0 Å². The molecule has 1 N–H and O–H groups in total. The van der Waals surface area contributed by atoms with E-state index in [1.807, 2.05) is 6.07 Å². The highest BCUT2D eigenvalue weighted by Crippen LogP contribution is 2.39. The molecule has 5 heteroatoms. The Hall–Kier alpha value is -0.780. The molecule has 1 aliphatic rings. The zero-order valence-corrected chi connectivity index (χ0v) is 13.3. The molecule has 1 fully saturated rings. The van der Waals surface area contributed by atoms with Gasteiger partial charge in [0.05, 0.1) is 14.2 Å². The maximum absolute atomic E-state index is 5.55. The Labute approximate surface area is 123 Å². The molecule has 1 heterocycles. The lowest BCUT2D eigenvalue weighted by atomic mass is 10.1. The first-order valence-corrected chi connectivity index (χ1v) is 7.29. The van der Waals surface area contributed by atoms with E-state index in [9.17, 15) is 0 Å². The second-order valence-corrected chi connectivity index (χ2v) is 5.54. The summed E-state index contributed by atoms with van der Waals surface area (Å²) in [5.74, 6) is 1.63. The number of ether oxygens (including phenoxy) is 2. The number of benzene rings is 1. The van der Waals surface area contributed by atoms with Crippen LogP contribution in [0.4, 0.5) is 0 Å². The van der Waals surface area contributed by atoms with Gasteiger partial charge in [-0.25, -0.2) is 0 Å². The smallest absolute Gasteiger partial charge is 0.166 e. The van der Waals surface area contributed by atoms with Gasteiger partial charge in [-0.05, 0) is 18.6 Å². The minimum absolute atomic E-state index is 0.799. The van der Waals surface area contributed by atoms with Crippen molar-refractivity contribution in [1.29, 1.82) is 0 Å². The number of hydrogen-bond acceptors (Lipinski definition) is 4. The van der Waals surface area contributed by atoms with Crippen molar-refractivity contribution in [2.45, 2.75) is 13.5 Å². The van der Waals surface area contributed by atoms with Crippen molar-refractivity contribution in [1.82, 2.24) is 10.2 Å². The Morgan fingerprint density at radius 1 is 1.26 bits per heavy atom. The van der Waals surface area contributed by atoms with Gasteiger partial charge in [0.15, 0.2) is 11.5 Å². The minimum atomic E-state index is 0.799. The Morgan fingerprint density at radius 3 is 2.53 bits per heavy atom. The molecular weight excluding hydrogens is 308 g/mol. The Morgan fingerprint density at radius 2 is 1.95 bits per heavy atom. The second kappa shape index (κ2) is 6.59. The standard InChI is InChI=1S/C14H21BrN2O2/c1-10-8-12(18-2)14(19-3)11(13(10)15)9-17-6-4-16-5-7-17/h8,16H,4-7,9H2,1-3H3. The van der Waals surface area contributed by atoms with E-state index in [2.05, 4.69) is 33.1 Å². The van der Waals surface area contributed by atoms with Crippen LogP contribution in [0.1, 0.15) is 11.1 Å². The molecule has 4 nitrogen and oxygen atoms in total. The lowest BCUT2D eigenvalue weighted by Crippen LogP contribution is -2.43. The van der Waals surface area contributed by atoms with Crippen molar-refractivity contribution >= 4 is 15.9 Å². The highest BCUT2D eigenvalue weighted by atomic mass is 79.9. The van der Waals surface area contributed by atoms with Crippen LogP contribution < -0.4 is 14.8 Å². The fourth-order valence-corrected chi connectivity index (χ4v) is 2.84. The largest absolute Gasteiger partial charge is 0.493 e. The third-order valence-electron chi connectivity index (χ3n) is 3.47. The predicted octanol–water partition coefficient (Wildman–Crippen LogP) is 2.18. The van der Waals surface area contributed by atoms with Gasteiger partial charge in [-0.3, -0.25) is 4.90 Å². The van der Waals surface area contributed by atoms with Crippen molar-refractivity contribution < 1.29 is 9.47 Å². The van der Waals surface area contributed by atoms with Gasteiger partial charge < -0.3 is 14.8 Å². The molecule has 0 saturated carbocycles. The van der Waals surface area contributed by atoms with E-state index in [0.29, 0.717) is 0 Å². The van der Waals surface area contributed by atoms with E-state index in [-0.39, 0.29) is 0 Å². The predicted molar refractivity (Wildman–Crippen MR) is 80.1 cm³/mol. The summed E-state index contributed by atoms with van der Waals surface area (Å²) >= 11 is 3.68. The highest BCUT2D eigenvalue weighted by molar-refractivity contribution is 9.10. The third-order valence-corrected chi connectivity index (χ3v) is 4.58. The van der Waals surface area contributed by atoms with Crippen LogP contribution in [0.15, 0.2) is 10.5 Å². The molecular formula is C14H21BrN2O2. The molecule has 0 unspecified atom stereocenters. The van der Waals surface area contributed by atoms with Gasteiger partial charge in [0.25, 0.3) is 0 Å². The van der Waals surface area contributed by atoms with Crippen molar-refractivity contribution in [2.24, 2.45) is 0 Å². The van der Waals surface area contributed by atoms with E-state index in [0.717, 1.165) is 48.7 Å². The summed E-state index contributed by atoms with van der Waals surface area (Å²) in [7, 11) is 3.38. The summed E-state index contributed by atoms with van der Waals surface area (Å²) in [6.45, 7) is 7.17. The van der Waals surface area contributed by atoms with Crippen LogP contribution in [0.5, 0.6) is 11.5 Å². The summed E-state index contributed by atoms with van der Waals surface area (Å²) in [5, 5.41) is 3.37. The zero-order chi connectivity index (χ0) is 13.8. The average molecular weight is 329 g/mol. The van der Waals surface area contributed by atoms with Gasteiger partial charge in [0.2, 0.25) is 0 Å². The highest BCUT2D eigenvalue weighted by Gasteiger charge is 2.19. The Kier molecular flexibility index (Phi) is 5.07. The van der Waals surface area contributed by atoms with E-state index in [4.69, 9.17) is 9.47 Å². The normalized spacial score (nSPS) is 16.4. The van der Waals surface area contributed by atoms with Gasteiger partial charge in [-0.2, -0.15) is 0 Å². The molecule has 1 saturated heterocycles. The summed E-state index contributed by atoms with van der Waals surface area (Å²) in [5.41, 5.74) is 2.34. The van der Waals surface area contributed by atoms with Crippen molar-refractivity contribution in [3.8, 4) is 11.5 Å². The molecule has 0 aromatic heterocycles. The average Bonchev–Trinajstić information content (AvgIpc) is 2.44. The van der Waals surface area contributed by atoms with Crippen LogP contribution in [0.25, 0.3) is 0 Å². The quantitative estimate of drug-likeness (QED) is 0.918. The van der Waals surface area contributed by atoms with Gasteiger partial charge >= 0.3 is 0 Å². The van der Waals surface area contributed by atoms with Crippen LogP contribution in [-0.4, -0.2) is 45.3 Å². The molecule has 0 atom stereocenters. The van der Waals surface area contributed by atoms with Gasteiger partial charge in [0.1, 0.15) is 0 Å². The first-order valence-electron chi connectivity index (χ1n) is 6.50. The number of nitrogens with zero attached hydrogens (tertiary/aromatic N) is 1. The number of aryl methyl sites for hydroxylation is 1. The van der Waals surface area contributed by atoms with Gasteiger partial charge in [-0.1, -0.05) is 15.9 Å². The molecule has 19 heavy (non-hydrogen) atoms. The number of methoxy groups -OCH3 is 2. The fourth-order valence-electron chi connectivity index (χ4n) is 2.42. The summed E-state index contributed by atoms with van der Waals surface area (Å²) in [4.78, 5) is 2.43. The molecule has 106 valence electrons. The first kappa shape index (κ1) is 14.6. The lowest BCUT2D eigenvalue weighted by molar-refractivity contribution is 0.228. The number of hydrogen-bond donors (Lipinski definition) is 1. The van der Waals surface area contributed by atoms with Crippen LogP contribution >= 0.6 is 15.9 Å². The maximum Gasteiger partial charge on any atom is 0.166 e. The van der Waals surface area contributed by atoms with Gasteiger partial charge in [0, 0.05) is 42.8 Å². The lowest BCUT2D eigenvalue weighted by Gasteiger charge is -2.28. The van der Waals surface area contributed by atoms with Crippen LogP contribution in [0, 0.1) is 6.92 Å². The Bertz CT molecular complexity index is 446. The third kappa shape index (κ3) is 3.22. The zero-order valence-electron chi connectivity index (χ0n) is 11.8. The Balaban J connectivity index is 2.33. The van der Waals surface area contributed by atoms with Crippen molar-refractivity contribution in [3.63, 3.8) is 0 Å². The van der Waals surface area contributed by atoms with E-state index in [1.165, 1.54) is 11.1 Å². The molecule has 0 amide bonds. The summed E-state index contributed by atoms with van der Waals surface area (Å²) in [6.07, 6.45) is 0. The number of nitrogens with one attached hydrogen (secondary N) is 1. The van der Waals surface area contributed by atoms with E-state index < -0.39 is 0 Å². The first-order chi connectivity index (χ1) is 9.17. The molecule has 0 bridgehead atoms. The van der Waals surface area contributed by atoms with Crippen LogP contribution in [-0.2, 0) is 6.54 Å². The summed E-state index contributed by atoms with van der Waals surface area (Å²) < 4.78 is 12.1. The maximum atomic E-state index is 5.55. The molecule has 1 aliphatic heterocycles. The van der Waals surface area contributed by atoms with Crippen LogP contribution in [0.2, 0.25) is 0 Å². The van der Waals surface area contributed by atoms with E-state index in [1.54, 1.807) is 14.2 Å². The topological polar surface area (TPSA) is 33.7 Å².